The topological polar surface area (TPSA) is 89.5 Å². The lowest BCUT2D eigenvalue weighted by molar-refractivity contribution is -0.115. The summed E-state index contributed by atoms with van der Waals surface area (Å²) in [6.07, 6.45) is -0.0573. The minimum Gasteiger partial charge on any atom is -0.493 e. The molecule has 0 aliphatic carbocycles. The summed E-state index contributed by atoms with van der Waals surface area (Å²) in [4.78, 5) is 28.9. The van der Waals surface area contributed by atoms with Crippen molar-refractivity contribution >= 4 is 49.9 Å². The third-order valence-electron chi connectivity index (χ3n) is 3.96. The third kappa shape index (κ3) is 5.33. The number of ether oxygens (including phenoxy) is 2. The van der Waals surface area contributed by atoms with E-state index >= 15 is 0 Å². The van der Waals surface area contributed by atoms with Gasteiger partial charge in [0.25, 0.3) is 5.91 Å². The van der Waals surface area contributed by atoms with Crippen molar-refractivity contribution in [3.05, 3.63) is 63.3 Å². The van der Waals surface area contributed by atoms with Crippen molar-refractivity contribution in [1.29, 1.82) is 0 Å². The maximum absolute atomic E-state index is 13.8. The van der Waals surface area contributed by atoms with Crippen LogP contribution in [0, 0.1) is 5.82 Å². The Balaban J connectivity index is 1.62. The quantitative estimate of drug-likeness (QED) is 0.505. The van der Waals surface area contributed by atoms with Crippen LogP contribution < -0.4 is 20.1 Å². The number of nitrogens with one attached hydrogen (secondary N) is 2. The Kier molecular flexibility index (Phi) is 7.01. The van der Waals surface area contributed by atoms with Gasteiger partial charge in [-0.05, 0) is 36.4 Å². The molecular formula is C20H17BrFN3O4S. The van der Waals surface area contributed by atoms with Crippen molar-refractivity contribution in [3.63, 3.8) is 0 Å². The number of amides is 2. The molecule has 0 bridgehead atoms. The molecule has 2 N–H and O–H groups in total. The van der Waals surface area contributed by atoms with Crippen molar-refractivity contribution < 1.29 is 23.5 Å². The van der Waals surface area contributed by atoms with E-state index in [1.807, 2.05) is 0 Å². The highest BCUT2D eigenvalue weighted by Crippen LogP contribution is 2.28. The normalized spacial score (nSPS) is 10.4. The Morgan fingerprint density at radius 1 is 1.10 bits per heavy atom. The molecule has 10 heteroatoms. The largest absolute Gasteiger partial charge is 0.493 e. The molecule has 0 atom stereocenters. The molecule has 1 aromatic heterocycles. The number of hydrogen-bond acceptors (Lipinski definition) is 6. The van der Waals surface area contributed by atoms with Crippen LogP contribution in [0.15, 0.2) is 46.3 Å². The summed E-state index contributed by atoms with van der Waals surface area (Å²) < 4.78 is 24.8. The second-order valence-corrected chi connectivity index (χ2v) is 7.79. The predicted octanol–water partition coefficient (Wildman–Crippen LogP) is 4.50. The molecule has 2 amide bonds. The number of nitrogens with zero attached hydrogens (tertiary/aromatic N) is 1. The Bertz CT molecular complexity index is 1090. The molecule has 7 nitrogen and oxygen atoms in total. The Morgan fingerprint density at radius 3 is 2.57 bits per heavy atom. The van der Waals surface area contributed by atoms with Gasteiger partial charge in [-0.2, -0.15) is 0 Å². The predicted molar refractivity (Wildman–Crippen MR) is 116 cm³/mol. The van der Waals surface area contributed by atoms with Crippen molar-refractivity contribution in [3.8, 4) is 11.5 Å². The van der Waals surface area contributed by atoms with E-state index < -0.39 is 11.7 Å². The number of carbonyl (C=O) groups excluding carboxylic acids is 2. The van der Waals surface area contributed by atoms with E-state index in [4.69, 9.17) is 9.47 Å². The fourth-order valence-corrected chi connectivity index (χ4v) is 3.58. The van der Waals surface area contributed by atoms with Gasteiger partial charge < -0.3 is 14.8 Å². The summed E-state index contributed by atoms with van der Waals surface area (Å²) in [7, 11) is 2.99. The van der Waals surface area contributed by atoms with Crippen LogP contribution in [0.3, 0.4) is 0 Å². The SMILES string of the molecule is COc1ccc(C(=O)Nc2nc(CC(=O)Nc3ccc(Br)cc3F)cs2)cc1OC. The number of thiazole rings is 1. The Labute approximate surface area is 184 Å². The molecule has 0 aliphatic heterocycles. The van der Waals surface area contributed by atoms with Gasteiger partial charge in [-0.15, -0.1) is 11.3 Å². The maximum atomic E-state index is 13.8. The molecule has 156 valence electrons. The van der Waals surface area contributed by atoms with Gasteiger partial charge in [0.15, 0.2) is 16.6 Å². The molecule has 0 saturated carbocycles. The molecule has 3 aromatic rings. The van der Waals surface area contributed by atoms with Gasteiger partial charge >= 0.3 is 0 Å². The minimum absolute atomic E-state index is 0.0573. The Morgan fingerprint density at radius 2 is 1.87 bits per heavy atom. The number of aromatic nitrogens is 1. The summed E-state index contributed by atoms with van der Waals surface area (Å²) in [5, 5.41) is 7.18. The summed E-state index contributed by atoms with van der Waals surface area (Å²) in [5.74, 6) is -0.392. The molecule has 3 rings (SSSR count). The van der Waals surface area contributed by atoms with Crippen LogP contribution in [0.4, 0.5) is 15.2 Å². The molecule has 30 heavy (non-hydrogen) atoms. The van der Waals surface area contributed by atoms with Crippen LogP contribution in [-0.4, -0.2) is 31.0 Å². The van der Waals surface area contributed by atoms with Gasteiger partial charge in [0.2, 0.25) is 5.91 Å². The summed E-state index contributed by atoms with van der Waals surface area (Å²) in [6, 6.07) is 9.15. The first kappa shape index (κ1) is 21.7. The molecule has 0 fully saturated rings. The first-order valence-corrected chi connectivity index (χ1v) is 10.3. The van der Waals surface area contributed by atoms with Gasteiger partial charge in [-0.3, -0.25) is 14.9 Å². The molecule has 0 spiro atoms. The van der Waals surface area contributed by atoms with Gasteiger partial charge in [0.05, 0.1) is 32.0 Å². The molecule has 0 aliphatic rings. The summed E-state index contributed by atoms with van der Waals surface area (Å²) in [5.41, 5.74) is 0.908. The monoisotopic (exact) mass is 493 g/mol. The number of hydrogen-bond donors (Lipinski definition) is 2. The highest BCUT2D eigenvalue weighted by Gasteiger charge is 2.14. The van der Waals surface area contributed by atoms with E-state index in [0.717, 1.165) is 0 Å². The van der Waals surface area contributed by atoms with E-state index in [1.54, 1.807) is 29.6 Å². The first-order valence-electron chi connectivity index (χ1n) is 8.62. The van der Waals surface area contributed by atoms with Gasteiger partial charge in [0.1, 0.15) is 5.82 Å². The summed E-state index contributed by atoms with van der Waals surface area (Å²) in [6.45, 7) is 0. The van der Waals surface area contributed by atoms with Crippen LogP contribution in [0.5, 0.6) is 11.5 Å². The second kappa shape index (κ2) is 9.68. The molecule has 0 unspecified atom stereocenters. The second-order valence-electron chi connectivity index (χ2n) is 6.02. The van der Waals surface area contributed by atoms with Crippen molar-refractivity contribution in [2.24, 2.45) is 0 Å². The number of anilines is 2. The molecule has 1 heterocycles. The smallest absolute Gasteiger partial charge is 0.257 e. The van der Waals surface area contributed by atoms with E-state index in [1.165, 1.54) is 37.7 Å². The zero-order chi connectivity index (χ0) is 21.7. The van der Waals surface area contributed by atoms with Crippen molar-refractivity contribution in [2.45, 2.75) is 6.42 Å². The number of benzene rings is 2. The van der Waals surface area contributed by atoms with E-state index in [-0.39, 0.29) is 18.0 Å². The van der Waals surface area contributed by atoms with Crippen LogP contribution in [-0.2, 0) is 11.2 Å². The first-order chi connectivity index (χ1) is 14.4. The van der Waals surface area contributed by atoms with E-state index in [0.29, 0.717) is 32.4 Å². The lowest BCUT2D eigenvalue weighted by atomic mass is 10.2. The Hall–Kier alpha value is -2.98. The zero-order valence-electron chi connectivity index (χ0n) is 16.0. The standard InChI is InChI=1S/C20H17BrFN3O4S/c1-28-16-6-3-11(7-17(16)29-2)19(27)25-20-23-13(10-30-20)9-18(26)24-15-5-4-12(21)8-14(15)22/h3-8,10H,9H2,1-2H3,(H,24,26)(H,23,25,27). The number of methoxy groups -OCH3 is 2. The van der Waals surface area contributed by atoms with Crippen molar-refractivity contribution in [1.82, 2.24) is 4.98 Å². The van der Waals surface area contributed by atoms with Gasteiger partial charge in [-0.1, -0.05) is 15.9 Å². The third-order valence-corrected chi connectivity index (χ3v) is 5.26. The average molecular weight is 494 g/mol. The highest BCUT2D eigenvalue weighted by molar-refractivity contribution is 9.10. The van der Waals surface area contributed by atoms with Crippen LogP contribution in [0.25, 0.3) is 0 Å². The molecule has 0 saturated heterocycles. The van der Waals surface area contributed by atoms with Crippen LogP contribution in [0.2, 0.25) is 0 Å². The lowest BCUT2D eigenvalue weighted by Crippen LogP contribution is -2.16. The van der Waals surface area contributed by atoms with Gasteiger partial charge in [-0.25, -0.2) is 9.37 Å². The molecule has 2 aromatic carbocycles. The molecular weight excluding hydrogens is 477 g/mol. The van der Waals surface area contributed by atoms with E-state index in [9.17, 15) is 14.0 Å². The average Bonchev–Trinajstić information content (AvgIpc) is 3.16. The number of carbonyl (C=O) groups is 2. The zero-order valence-corrected chi connectivity index (χ0v) is 18.4. The highest BCUT2D eigenvalue weighted by atomic mass is 79.9. The van der Waals surface area contributed by atoms with E-state index in [2.05, 4.69) is 31.5 Å². The fourth-order valence-electron chi connectivity index (χ4n) is 2.54. The number of halogens is 2. The minimum atomic E-state index is -0.543. The lowest BCUT2D eigenvalue weighted by Gasteiger charge is -2.09. The fraction of sp³-hybridized carbons (Fsp3) is 0.150. The van der Waals surface area contributed by atoms with Crippen LogP contribution in [0.1, 0.15) is 16.1 Å². The van der Waals surface area contributed by atoms with Crippen molar-refractivity contribution in [2.75, 3.05) is 24.9 Å². The number of rotatable bonds is 7. The molecule has 0 radical (unpaired) electrons. The van der Waals surface area contributed by atoms with Gasteiger partial charge in [0, 0.05) is 15.4 Å². The maximum Gasteiger partial charge on any atom is 0.257 e. The van der Waals surface area contributed by atoms with Crippen LogP contribution >= 0.6 is 27.3 Å². The summed E-state index contributed by atoms with van der Waals surface area (Å²) >= 11 is 4.35.